The number of allylic oxidation sites excluding steroid dienone is 1. The van der Waals surface area contributed by atoms with Crippen molar-refractivity contribution in [3.05, 3.63) is 41.5 Å². The Morgan fingerprint density at radius 1 is 1.12 bits per heavy atom. The van der Waals surface area contributed by atoms with E-state index in [9.17, 15) is 5.11 Å². The fourth-order valence-corrected chi connectivity index (χ4v) is 2.11. The van der Waals surface area contributed by atoms with Crippen LogP contribution in [0.5, 0.6) is 5.75 Å². The van der Waals surface area contributed by atoms with Crippen molar-refractivity contribution in [2.75, 3.05) is 0 Å². The van der Waals surface area contributed by atoms with Crippen LogP contribution in [0.3, 0.4) is 0 Å². The summed E-state index contributed by atoms with van der Waals surface area (Å²) in [6.07, 6.45) is 2.81. The fourth-order valence-electron chi connectivity index (χ4n) is 2.11. The Hall–Kier alpha value is -1.24. The van der Waals surface area contributed by atoms with E-state index in [4.69, 9.17) is 0 Å². The molecule has 0 spiro atoms. The SMILES string of the molecule is C=CCc1c(C(C)C)cc(O)cc1C(C)C. The Morgan fingerprint density at radius 3 is 1.88 bits per heavy atom. The third kappa shape index (κ3) is 2.66. The summed E-state index contributed by atoms with van der Waals surface area (Å²) in [5, 5.41) is 9.76. The van der Waals surface area contributed by atoms with Crippen LogP contribution in [0.4, 0.5) is 0 Å². The van der Waals surface area contributed by atoms with Crippen LogP contribution in [0.2, 0.25) is 0 Å². The van der Waals surface area contributed by atoms with Crippen LogP contribution in [0.25, 0.3) is 0 Å². The van der Waals surface area contributed by atoms with Crippen molar-refractivity contribution in [3.8, 4) is 5.75 Å². The molecule has 0 aromatic heterocycles. The molecule has 0 heterocycles. The zero-order chi connectivity index (χ0) is 12.3. The normalized spacial score (nSPS) is 11.1. The van der Waals surface area contributed by atoms with E-state index in [1.165, 1.54) is 16.7 Å². The van der Waals surface area contributed by atoms with Gasteiger partial charge in [0.15, 0.2) is 0 Å². The van der Waals surface area contributed by atoms with Gasteiger partial charge in [-0.15, -0.1) is 6.58 Å². The van der Waals surface area contributed by atoms with E-state index in [1.807, 2.05) is 18.2 Å². The van der Waals surface area contributed by atoms with Crippen molar-refractivity contribution in [2.45, 2.75) is 46.0 Å². The number of hydrogen-bond donors (Lipinski definition) is 1. The summed E-state index contributed by atoms with van der Waals surface area (Å²) in [6, 6.07) is 3.77. The molecule has 1 rings (SSSR count). The monoisotopic (exact) mass is 218 g/mol. The quantitative estimate of drug-likeness (QED) is 0.744. The van der Waals surface area contributed by atoms with Gasteiger partial charge in [-0.05, 0) is 47.1 Å². The van der Waals surface area contributed by atoms with E-state index < -0.39 is 0 Å². The lowest BCUT2D eigenvalue weighted by atomic mass is 9.87. The van der Waals surface area contributed by atoms with Crippen molar-refractivity contribution in [2.24, 2.45) is 0 Å². The standard InChI is InChI=1S/C15H22O/c1-6-7-13-14(10(2)3)8-12(16)9-15(13)11(4)5/h6,8-11,16H,1,7H2,2-5H3. The molecule has 1 nitrogen and oxygen atoms in total. The van der Waals surface area contributed by atoms with E-state index >= 15 is 0 Å². The van der Waals surface area contributed by atoms with Crippen LogP contribution < -0.4 is 0 Å². The van der Waals surface area contributed by atoms with E-state index in [1.54, 1.807) is 0 Å². The summed E-state index contributed by atoms with van der Waals surface area (Å²) in [5.41, 5.74) is 3.81. The first-order valence-corrected chi connectivity index (χ1v) is 5.94. The predicted molar refractivity (Wildman–Crippen MR) is 70.2 cm³/mol. The van der Waals surface area contributed by atoms with Gasteiger partial charge in [0.1, 0.15) is 5.75 Å². The summed E-state index contributed by atoms with van der Waals surface area (Å²) in [4.78, 5) is 0. The van der Waals surface area contributed by atoms with E-state index in [0.29, 0.717) is 17.6 Å². The minimum Gasteiger partial charge on any atom is -0.508 e. The van der Waals surface area contributed by atoms with E-state index in [0.717, 1.165) is 6.42 Å². The molecule has 0 saturated heterocycles. The van der Waals surface area contributed by atoms with Crippen LogP contribution >= 0.6 is 0 Å². The summed E-state index contributed by atoms with van der Waals surface area (Å²) >= 11 is 0. The Kier molecular flexibility index (Phi) is 4.17. The highest BCUT2D eigenvalue weighted by Gasteiger charge is 2.14. The molecule has 16 heavy (non-hydrogen) atoms. The average molecular weight is 218 g/mol. The summed E-state index contributed by atoms with van der Waals surface area (Å²) < 4.78 is 0. The average Bonchev–Trinajstić information content (AvgIpc) is 2.19. The Balaban J connectivity index is 3.40. The second-order valence-electron chi connectivity index (χ2n) is 4.90. The maximum atomic E-state index is 9.76. The van der Waals surface area contributed by atoms with Gasteiger partial charge in [0, 0.05) is 0 Å². The zero-order valence-corrected chi connectivity index (χ0v) is 10.7. The van der Waals surface area contributed by atoms with Crippen molar-refractivity contribution in [3.63, 3.8) is 0 Å². The topological polar surface area (TPSA) is 20.2 Å². The molecular formula is C15H22O. The molecule has 1 aromatic carbocycles. The first-order valence-electron chi connectivity index (χ1n) is 5.94. The van der Waals surface area contributed by atoms with Crippen LogP contribution in [-0.4, -0.2) is 5.11 Å². The predicted octanol–water partition coefficient (Wildman–Crippen LogP) is 4.37. The summed E-state index contributed by atoms with van der Waals surface area (Å²) in [6.45, 7) is 12.4. The maximum absolute atomic E-state index is 9.76. The second kappa shape index (κ2) is 5.20. The molecule has 0 bridgehead atoms. The molecule has 0 radical (unpaired) electrons. The second-order valence-corrected chi connectivity index (χ2v) is 4.90. The molecule has 0 fully saturated rings. The van der Waals surface area contributed by atoms with Gasteiger partial charge in [-0.3, -0.25) is 0 Å². The molecule has 1 N–H and O–H groups in total. The third-order valence-electron chi connectivity index (χ3n) is 2.90. The minimum absolute atomic E-state index is 0.375. The first kappa shape index (κ1) is 12.8. The molecular weight excluding hydrogens is 196 g/mol. The minimum atomic E-state index is 0.375. The Morgan fingerprint density at radius 2 is 1.56 bits per heavy atom. The highest BCUT2D eigenvalue weighted by atomic mass is 16.3. The highest BCUT2D eigenvalue weighted by Crippen LogP contribution is 2.32. The molecule has 1 heteroatoms. The van der Waals surface area contributed by atoms with Crippen molar-refractivity contribution in [1.82, 2.24) is 0 Å². The molecule has 0 aliphatic heterocycles. The van der Waals surface area contributed by atoms with Crippen LogP contribution in [0, 0.1) is 0 Å². The zero-order valence-electron chi connectivity index (χ0n) is 10.7. The van der Waals surface area contributed by atoms with Gasteiger partial charge in [0.2, 0.25) is 0 Å². The largest absolute Gasteiger partial charge is 0.508 e. The van der Waals surface area contributed by atoms with Gasteiger partial charge in [0.05, 0.1) is 0 Å². The lowest BCUT2D eigenvalue weighted by Gasteiger charge is -2.19. The number of rotatable bonds is 4. The molecule has 0 saturated carbocycles. The molecule has 0 amide bonds. The van der Waals surface area contributed by atoms with Crippen molar-refractivity contribution < 1.29 is 5.11 Å². The third-order valence-corrected chi connectivity index (χ3v) is 2.90. The molecule has 0 atom stereocenters. The number of aromatic hydroxyl groups is 1. The fraction of sp³-hybridized carbons (Fsp3) is 0.467. The molecule has 88 valence electrons. The molecule has 0 unspecified atom stereocenters. The highest BCUT2D eigenvalue weighted by molar-refractivity contribution is 5.45. The van der Waals surface area contributed by atoms with E-state index in [-0.39, 0.29) is 0 Å². The van der Waals surface area contributed by atoms with Crippen LogP contribution in [-0.2, 0) is 6.42 Å². The smallest absolute Gasteiger partial charge is 0.116 e. The van der Waals surface area contributed by atoms with Gasteiger partial charge >= 0.3 is 0 Å². The number of benzene rings is 1. The number of phenolic OH excluding ortho intramolecular Hbond substituents is 1. The van der Waals surface area contributed by atoms with E-state index in [2.05, 4.69) is 34.3 Å². The lowest BCUT2D eigenvalue weighted by molar-refractivity contribution is 0.472. The maximum Gasteiger partial charge on any atom is 0.116 e. The van der Waals surface area contributed by atoms with Crippen molar-refractivity contribution >= 4 is 0 Å². The molecule has 0 aliphatic carbocycles. The van der Waals surface area contributed by atoms with Crippen LogP contribution in [0.1, 0.15) is 56.2 Å². The number of hydrogen-bond acceptors (Lipinski definition) is 1. The Labute approximate surface area is 98.8 Å². The number of phenols is 1. The van der Waals surface area contributed by atoms with Crippen LogP contribution in [0.15, 0.2) is 24.8 Å². The Bertz CT molecular complexity index is 346. The van der Waals surface area contributed by atoms with Gasteiger partial charge in [-0.25, -0.2) is 0 Å². The molecule has 0 aliphatic rings. The van der Waals surface area contributed by atoms with Crippen molar-refractivity contribution in [1.29, 1.82) is 0 Å². The lowest BCUT2D eigenvalue weighted by Crippen LogP contribution is -2.02. The summed E-state index contributed by atoms with van der Waals surface area (Å²) in [5.74, 6) is 1.24. The van der Waals surface area contributed by atoms with Gasteiger partial charge < -0.3 is 5.11 Å². The van der Waals surface area contributed by atoms with Gasteiger partial charge in [-0.1, -0.05) is 33.8 Å². The van der Waals surface area contributed by atoms with Gasteiger partial charge in [-0.2, -0.15) is 0 Å². The first-order chi connectivity index (χ1) is 7.47. The summed E-state index contributed by atoms with van der Waals surface area (Å²) in [7, 11) is 0. The molecule has 1 aromatic rings. The van der Waals surface area contributed by atoms with Gasteiger partial charge in [0.25, 0.3) is 0 Å².